The number of nitriles is 1. The Balaban J connectivity index is 3.23. The second kappa shape index (κ2) is 6.71. The van der Waals surface area contributed by atoms with Crippen LogP contribution >= 0.6 is 27.5 Å². The number of halogens is 2. The molecule has 19 heavy (non-hydrogen) atoms. The van der Waals surface area contributed by atoms with Crippen LogP contribution in [0, 0.1) is 11.3 Å². The normalized spacial score (nSPS) is 11.8. The van der Waals surface area contributed by atoms with E-state index < -0.39 is 10.0 Å². The van der Waals surface area contributed by atoms with Gasteiger partial charge in [0.2, 0.25) is 10.0 Å². The highest BCUT2D eigenvalue weighted by Gasteiger charge is 2.28. The zero-order valence-corrected chi connectivity index (χ0v) is 13.8. The Bertz CT molecular complexity index is 596. The van der Waals surface area contributed by atoms with Gasteiger partial charge in [0.1, 0.15) is 4.90 Å². The molecule has 0 saturated carbocycles. The van der Waals surface area contributed by atoms with Crippen LogP contribution < -0.4 is 0 Å². The molecule has 0 N–H and O–H groups in total. The van der Waals surface area contributed by atoms with Crippen LogP contribution in [0.15, 0.2) is 27.6 Å². The molecule has 0 spiro atoms. The molecule has 0 atom stereocenters. The predicted molar refractivity (Wildman–Crippen MR) is 78.4 cm³/mol. The van der Waals surface area contributed by atoms with Gasteiger partial charge < -0.3 is 0 Å². The fourth-order valence-electron chi connectivity index (χ4n) is 1.63. The van der Waals surface area contributed by atoms with Crippen molar-refractivity contribution >= 4 is 37.6 Å². The molecule has 0 saturated heterocycles. The highest BCUT2D eigenvalue weighted by atomic mass is 79.9. The van der Waals surface area contributed by atoms with E-state index >= 15 is 0 Å². The summed E-state index contributed by atoms with van der Waals surface area (Å²) >= 11 is 9.23. The van der Waals surface area contributed by atoms with E-state index in [0.29, 0.717) is 4.47 Å². The van der Waals surface area contributed by atoms with Gasteiger partial charge >= 0.3 is 0 Å². The molecule has 1 aromatic carbocycles. The fourth-order valence-corrected chi connectivity index (χ4v) is 4.28. The van der Waals surface area contributed by atoms with E-state index in [2.05, 4.69) is 15.9 Å². The van der Waals surface area contributed by atoms with Crippen molar-refractivity contribution in [3.8, 4) is 6.07 Å². The first-order chi connectivity index (χ1) is 8.80. The molecule has 0 heterocycles. The van der Waals surface area contributed by atoms with E-state index in [9.17, 15) is 8.42 Å². The van der Waals surface area contributed by atoms with Gasteiger partial charge in [-0.15, -0.1) is 0 Å². The Labute approximate surface area is 127 Å². The molecule has 0 aliphatic rings. The van der Waals surface area contributed by atoms with Crippen LogP contribution in [-0.2, 0) is 10.0 Å². The van der Waals surface area contributed by atoms with Crippen LogP contribution in [0.3, 0.4) is 0 Å². The Hall–Kier alpha value is -0.610. The van der Waals surface area contributed by atoms with Crippen molar-refractivity contribution in [2.75, 3.05) is 6.54 Å². The number of rotatable bonds is 5. The molecule has 0 aromatic heterocycles. The van der Waals surface area contributed by atoms with Crippen molar-refractivity contribution in [2.24, 2.45) is 0 Å². The average Bonchev–Trinajstić information content (AvgIpc) is 2.27. The van der Waals surface area contributed by atoms with Gasteiger partial charge in [-0.2, -0.15) is 9.57 Å². The summed E-state index contributed by atoms with van der Waals surface area (Å²) in [5, 5.41) is 8.78. The number of benzene rings is 1. The van der Waals surface area contributed by atoms with Gasteiger partial charge in [-0.05, 0) is 32.0 Å². The molecule has 0 unspecified atom stereocenters. The zero-order chi connectivity index (χ0) is 14.6. The lowest BCUT2D eigenvalue weighted by Gasteiger charge is -2.25. The van der Waals surface area contributed by atoms with Crippen LogP contribution in [0.2, 0.25) is 5.02 Å². The van der Waals surface area contributed by atoms with E-state index in [1.807, 2.05) is 6.07 Å². The first kappa shape index (κ1) is 16.4. The lowest BCUT2D eigenvalue weighted by molar-refractivity contribution is 0.360. The van der Waals surface area contributed by atoms with Crippen molar-refractivity contribution < 1.29 is 8.42 Å². The maximum Gasteiger partial charge on any atom is 0.244 e. The van der Waals surface area contributed by atoms with Crippen LogP contribution in [0.4, 0.5) is 0 Å². The summed E-state index contributed by atoms with van der Waals surface area (Å²) in [5.74, 6) is 0. The number of hydrogen-bond donors (Lipinski definition) is 0. The Morgan fingerprint density at radius 3 is 2.58 bits per heavy atom. The molecule has 104 valence electrons. The number of hydrogen-bond acceptors (Lipinski definition) is 3. The minimum absolute atomic E-state index is 0.0593. The molecule has 0 aliphatic carbocycles. The second-order valence-electron chi connectivity index (χ2n) is 4.19. The van der Waals surface area contributed by atoms with Crippen molar-refractivity contribution in [1.29, 1.82) is 5.26 Å². The van der Waals surface area contributed by atoms with Crippen LogP contribution in [-0.4, -0.2) is 25.3 Å². The Kier molecular flexibility index (Phi) is 5.81. The first-order valence-corrected chi connectivity index (χ1v) is 8.25. The molecule has 0 amide bonds. The standard InChI is InChI=1S/C12H14BrClN2O2S/c1-9(2)16(7-3-6-15)19(17,18)12-5-4-10(13)8-11(12)14/h4-5,8-9H,3,7H2,1-2H3. The van der Waals surface area contributed by atoms with Crippen LogP contribution in [0.5, 0.6) is 0 Å². The highest BCUT2D eigenvalue weighted by Crippen LogP contribution is 2.28. The smallest absolute Gasteiger partial charge is 0.207 e. The lowest BCUT2D eigenvalue weighted by Crippen LogP contribution is -2.37. The lowest BCUT2D eigenvalue weighted by atomic mass is 10.3. The number of nitrogens with zero attached hydrogens (tertiary/aromatic N) is 2. The zero-order valence-electron chi connectivity index (χ0n) is 10.6. The molecule has 4 nitrogen and oxygen atoms in total. The van der Waals surface area contributed by atoms with Gasteiger partial charge in [-0.3, -0.25) is 0 Å². The van der Waals surface area contributed by atoms with E-state index in [1.165, 1.54) is 16.4 Å². The van der Waals surface area contributed by atoms with E-state index in [1.54, 1.807) is 19.9 Å². The highest BCUT2D eigenvalue weighted by molar-refractivity contribution is 9.10. The molecular weight excluding hydrogens is 352 g/mol. The van der Waals surface area contributed by atoms with Gasteiger partial charge in [0.25, 0.3) is 0 Å². The third-order valence-electron chi connectivity index (χ3n) is 2.50. The summed E-state index contributed by atoms with van der Waals surface area (Å²) in [6, 6.07) is 6.34. The van der Waals surface area contributed by atoms with Crippen molar-refractivity contribution in [3.05, 3.63) is 27.7 Å². The Morgan fingerprint density at radius 2 is 2.11 bits per heavy atom. The van der Waals surface area contributed by atoms with Gasteiger partial charge in [0, 0.05) is 23.5 Å². The van der Waals surface area contributed by atoms with Gasteiger partial charge in [0.05, 0.1) is 11.1 Å². The molecule has 1 aromatic rings. The second-order valence-corrected chi connectivity index (χ2v) is 7.37. The molecule has 7 heteroatoms. The van der Waals surface area contributed by atoms with Gasteiger partial charge in [-0.1, -0.05) is 27.5 Å². The maximum atomic E-state index is 12.5. The van der Waals surface area contributed by atoms with E-state index in [-0.39, 0.29) is 28.9 Å². The van der Waals surface area contributed by atoms with E-state index in [0.717, 1.165) is 0 Å². The topological polar surface area (TPSA) is 61.2 Å². The minimum atomic E-state index is -3.69. The van der Waals surface area contributed by atoms with Crippen LogP contribution in [0.25, 0.3) is 0 Å². The quantitative estimate of drug-likeness (QED) is 0.803. The molecule has 0 fully saturated rings. The fraction of sp³-hybridized carbons (Fsp3) is 0.417. The molecule has 0 bridgehead atoms. The van der Waals surface area contributed by atoms with Crippen LogP contribution in [0.1, 0.15) is 20.3 Å². The molecule has 1 rings (SSSR count). The minimum Gasteiger partial charge on any atom is -0.207 e. The van der Waals surface area contributed by atoms with Gasteiger partial charge in [0.15, 0.2) is 0 Å². The maximum absolute atomic E-state index is 12.5. The van der Waals surface area contributed by atoms with Crippen molar-refractivity contribution in [1.82, 2.24) is 4.31 Å². The molecule has 0 aliphatic heterocycles. The first-order valence-electron chi connectivity index (χ1n) is 5.64. The monoisotopic (exact) mass is 364 g/mol. The summed E-state index contributed by atoms with van der Waals surface area (Å²) in [6.45, 7) is 3.69. The predicted octanol–water partition coefficient (Wildman–Crippen LogP) is 3.42. The van der Waals surface area contributed by atoms with E-state index in [4.69, 9.17) is 16.9 Å². The number of sulfonamides is 1. The SMILES string of the molecule is CC(C)N(CCC#N)S(=O)(=O)c1ccc(Br)cc1Cl. The van der Waals surface area contributed by atoms with Crippen molar-refractivity contribution in [2.45, 2.75) is 31.2 Å². The summed E-state index contributed by atoms with van der Waals surface area (Å²) in [7, 11) is -3.69. The van der Waals surface area contributed by atoms with Crippen molar-refractivity contribution in [3.63, 3.8) is 0 Å². The summed E-state index contributed by atoms with van der Waals surface area (Å²) in [6.07, 6.45) is 0.144. The third-order valence-corrected chi connectivity index (χ3v) is 5.55. The molecule has 0 radical (unpaired) electrons. The molecular formula is C12H14BrClN2O2S. The third kappa shape index (κ3) is 3.93. The summed E-state index contributed by atoms with van der Waals surface area (Å²) in [4.78, 5) is 0.0593. The largest absolute Gasteiger partial charge is 0.244 e. The van der Waals surface area contributed by atoms with Gasteiger partial charge in [-0.25, -0.2) is 8.42 Å². The summed E-state index contributed by atoms with van der Waals surface area (Å²) in [5.41, 5.74) is 0. The Morgan fingerprint density at radius 1 is 1.47 bits per heavy atom. The average molecular weight is 366 g/mol. The summed E-state index contributed by atoms with van der Waals surface area (Å²) < 4.78 is 27.1.